The highest BCUT2D eigenvalue weighted by molar-refractivity contribution is 5.18. The number of hydrogen-bond acceptors (Lipinski definition) is 2. The standard InChI is InChI=1S/C12H16F3NO/c1-9(12(13,14)15)17-8-11(16-2)10-6-4-3-5-7-10/h3-7,9,11,16H,8H2,1-2H3. The van der Waals surface area contributed by atoms with Crippen molar-refractivity contribution in [1.29, 1.82) is 0 Å². The number of hydrogen-bond donors (Lipinski definition) is 1. The number of likely N-dealkylation sites (N-methyl/N-ethyl adjacent to an activating group) is 1. The summed E-state index contributed by atoms with van der Waals surface area (Å²) in [5.74, 6) is 0. The molecule has 0 saturated heterocycles. The number of halogens is 3. The molecule has 1 N–H and O–H groups in total. The second kappa shape index (κ2) is 6.02. The van der Waals surface area contributed by atoms with E-state index >= 15 is 0 Å². The highest BCUT2D eigenvalue weighted by atomic mass is 19.4. The van der Waals surface area contributed by atoms with Gasteiger partial charge in [-0.1, -0.05) is 30.3 Å². The molecule has 96 valence electrons. The lowest BCUT2D eigenvalue weighted by Gasteiger charge is -2.21. The van der Waals surface area contributed by atoms with Crippen LogP contribution in [0, 0.1) is 0 Å². The maximum Gasteiger partial charge on any atom is 0.414 e. The number of benzene rings is 1. The molecule has 0 spiro atoms. The van der Waals surface area contributed by atoms with Gasteiger partial charge in [-0.2, -0.15) is 13.2 Å². The van der Waals surface area contributed by atoms with Crippen LogP contribution in [0.25, 0.3) is 0 Å². The molecule has 0 amide bonds. The van der Waals surface area contributed by atoms with Crippen molar-refractivity contribution in [3.63, 3.8) is 0 Å². The first-order chi connectivity index (χ1) is 7.95. The van der Waals surface area contributed by atoms with Crippen molar-refractivity contribution < 1.29 is 17.9 Å². The first kappa shape index (κ1) is 14.0. The Bertz CT molecular complexity index is 326. The van der Waals surface area contributed by atoms with Crippen LogP contribution in [0.3, 0.4) is 0 Å². The van der Waals surface area contributed by atoms with Crippen LogP contribution in [0.15, 0.2) is 30.3 Å². The molecule has 0 bridgehead atoms. The molecule has 1 aromatic carbocycles. The smallest absolute Gasteiger partial charge is 0.367 e. The molecule has 0 aliphatic carbocycles. The van der Waals surface area contributed by atoms with Crippen LogP contribution in [-0.4, -0.2) is 25.9 Å². The maximum absolute atomic E-state index is 12.3. The van der Waals surface area contributed by atoms with Crippen molar-refractivity contribution in [3.05, 3.63) is 35.9 Å². The van der Waals surface area contributed by atoms with E-state index in [2.05, 4.69) is 5.32 Å². The van der Waals surface area contributed by atoms with Gasteiger partial charge in [-0.25, -0.2) is 0 Å². The predicted molar refractivity (Wildman–Crippen MR) is 59.7 cm³/mol. The zero-order valence-electron chi connectivity index (χ0n) is 9.79. The van der Waals surface area contributed by atoms with Crippen LogP contribution < -0.4 is 5.32 Å². The SMILES string of the molecule is CNC(COC(C)C(F)(F)F)c1ccccc1. The largest absolute Gasteiger partial charge is 0.414 e. The Balaban J connectivity index is 2.55. The van der Waals surface area contributed by atoms with Gasteiger partial charge >= 0.3 is 6.18 Å². The van der Waals surface area contributed by atoms with E-state index in [1.54, 1.807) is 7.05 Å². The van der Waals surface area contributed by atoms with Gasteiger partial charge in [0.05, 0.1) is 12.6 Å². The second-order valence-corrected chi connectivity index (χ2v) is 3.77. The fourth-order valence-electron chi connectivity index (χ4n) is 1.37. The van der Waals surface area contributed by atoms with Gasteiger partial charge in [0, 0.05) is 0 Å². The molecule has 2 unspecified atom stereocenters. The molecule has 0 aliphatic rings. The summed E-state index contributed by atoms with van der Waals surface area (Å²) in [4.78, 5) is 0. The van der Waals surface area contributed by atoms with E-state index in [4.69, 9.17) is 4.74 Å². The molecule has 0 fully saturated rings. The van der Waals surface area contributed by atoms with Gasteiger partial charge < -0.3 is 10.1 Å². The maximum atomic E-state index is 12.3. The molecular weight excluding hydrogens is 231 g/mol. The molecule has 17 heavy (non-hydrogen) atoms. The Morgan fingerprint density at radius 2 is 1.82 bits per heavy atom. The van der Waals surface area contributed by atoms with Crippen LogP contribution in [0.5, 0.6) is 0 Å². The van der Waals surface area contributed by atoms with E-state index in [9.17, 15) is 13.2 Å². The summed E-state index contributed by atoms with van der Waals surface area (Å²) in [5.41, 5.74) is 0.907. The van der Waals surface area contributed by atoms with Crippen LogP contribution >= 0.6 is 0 Å². The lowest BCUT2D eigenvalue weighted by atomic mass is 10.1. The molecular formula is C12H16F3NO. The third-order valence-electron chi connectivity index (χ3n) is 2.52. The minimum Gasteiger partial charge on any atom is -0.367 e. The molecule has 0 radical (unpaired) electrons. The molecule has 0 heterocycles. The van der Waals surface area contributed by atoms with Crippen LogP contribution in [0.2, 0.25) is 0 Å². The monoisotopic (exact) mass is 247 g/mol. The molecule has 1 aromatic rings. The van der Waals surface area contributed by atoms with Crippen LogP contribution in [-0.2, 0) is 4.74 Å². The van der Waals surface area contributed by atoms with Gasteiger partial charge in [0.2, 0.25) is 0 Å². The number of ether oxygens (including phenoxy) is 1. The van der Waals surface area contributed by atoms with Gasteiger partial charge in [0.1, 0.15) is 0 Å². The summed E-state index contributed by atoms with van der Waals surface area (Å²) in [7, 11) is 1.69. The van der Waals surface area contributed by atoms with Gasteiger partial charge in [-0.3, -0.25) is 0 Å². The quantitative estimate of drug-likeness (QED) is 0.863. The highest BCUT2D eigenvalue weighted by Gasteiger charge is 2.37. The topological polar surface area (TPSA) is 21.3 Å². The molecule has 0 aliphatic heterocycles. The highest BCUT2D eigenvalue weighted by Crippen LogP contribution is 2.23. The Kier molecular flexibility index (Phi) is 4.96. The Morgan fingerprint density at radius 3 is 2.29 bits per heavy atom. The van der Waals surface area contributed by atoms with Crippen molar-refractivity contribution in [2.24, 2.45) is 0 Å². The minimum absolute atomic E-state index is 0.0127. The third kappa shape index (κ3) is 4.36. The van der Waals surface area contributed by atoms with Crippen molar-refractivity contribution >= 4 is 0 Å². The normalized spacial score (nSPS) is 15.6. The van der Waals surface area contributed by atoms with E-state index in [-0.39, 0.29) is 12.6 Å². The van der Waals surface area contributed by atoms with Gasteiger partial charge in [-0.15, -0.1) is 0 Å². The van der Waals surface area contributed by atoms with Crippen molar-refractivity contribution in [3.8, 4) is 0 Å². The van der Waals surface area contributed by atoms with Gasteiger partial charge in [0.25, 0.3) is 0 Å². The molecule has 2 nitrogen and oxygen atoms in total. The second-order valence-electron chi connectivity index (χ2n) is 3.77. The van der Waals surface area contributed by atoms with Gasteiger partial charge in [0.15, 0.2) is 6.10 Å². The fraction of sp³-hybridized carbons (Fsp3) is 0.500. The summed E-state index contributed by atoms with van der Waals surface area (Å²) in [5, 5.41) is 2.93. The number of alkyl halides is 3. The fourth-order valence-corrected chi connectivity index (χ4v) is 1.37. The molecule has 0 aromatic heterocycles. The molecule has 5 heteroatoms. The van der Waals surface area contributed by atoms with Gasteiger partial charge in [-0.05, 0) is 19.5 Å². The Labute approximate surface area is 98.8 Å². The summed E-state index contributed by atoms with van der Waals surface area (Å²) < 4.78 is 41.6. The van der Waals surface area contributed by atoms with Crippen molar-refractivity contribution in [2.75, 3.05) is 13.7 Å². The van der Waals surface area contributed by atoms with E-state index in [0.29, 0.717) is 0 Å². The van der Waals surface area contributed by atoms with Crippen molar-refractivity contribution in [2.45, 2.75) is 25.2 Å². The molecule has 0 saturated carbocycles. The predicted octanol–water partition coefficient (Wildman–Crippen LogP) is 2.91. The minimum atomic E-state index is -4.31. The lowest BCUT2D eigenvalue weighted by molar-refractivity contribution is -0.215. The lowest BCUT2D eigenvalue weighted by Crippen LogP contribution is -2.32. The molecule has 1 rings (SSSR count). The summed E-state index contributed by atoms with van der Waals surface area (Å²) in [6.07, 6.45) is -6.06. The van der Waals surface area contributed by atoms with Crippen LogP contribution in [0.1, 0.15) is 18.5 Å². The Hall–Kier alpha value is -1.07. The molecule has 2 atom stereocenters. The Morgan fingerprint density at radius 1 is 1.24 bits per heavy atom. The summed E-state index contributed by atoms with van der Waals surface area (Å²) >= 11 is 0. The van der Waals surface area contributed by atoms with E-state index in [1.807, 2.05) is 30.3 Å². The van der Waals surface area contributed by atoms with E-state index < -0.39 is 12.3 Å². The summed E-state index contributed by atoms with van der Waals surface area (Å²) in [6, 6.07) is 9.00. The first-order valence-electron chi connectivity index (χ1n) is 5.35. The summed E-state index contributed by atoms with van der Waals surface area (Å²) in [6.45, 7) is 0.999. The third-order valence-corrected chi connectivity index (χ3v) is 2.52. The first-order valence-corrected chi connectivity index (χ1v) is 5.35. The average Bonchev–Trinajstić information content (AvgIpc) is 2.29. The average molecular weight is 247 g/mol. The number of nitrogens with one attached hydrogen (secondary N) is 1. The number of rotatable bonds is 5. The zero-order valence-corrected chi connectivity index (χ0v) is 9.79. The van der Waals surface area contributed by atoms with Crippen LogP contribution in [0.4, 0.5) is 13.2 Å². The van der Waals surface area contributed by atoms with Crippen molar-refractivity contribution in [1.82, 2.24) is 5.32 Å². The zero-order chi connectivity index (χ0) is 12.9. The van der Waals surface area contributed by atoms with E-state index in [1.165, 1.54) is 0 Å². The van der Waals surface area contributed by atoms with E-state index in [0.717, 1.165) is 12.5 Å².